The standard InChI is InChI=1S/C17H22FN3O5/c1-3-26-15(23)9-13(16(19)24)21-17(25)14(20-10(2)22)8-11-4-6-12(18)7-5-11/h4-7,13-14H,3,8-9H2,1-2H3,(H2,19,24)(H,20,22)(H,21,25)/t13-,14+/m0/s1. The Morgan fingerprint density at radius 2 is 1.73 bits per heavy atom. The van der Waals surface area contributed by atoms with E-state index in [-0.39, 0.29) is 13.0 Å². The molecule has 142 valence electrons. The molecule has 1 rings (SSSR count). The molecule has 9 heteroatoms. The molecule has 2 atom stereocenters. The molecule has 0 aromatic heterocycles. The second-order valence-electron chi connectivity index (χ2n) is 5.56. The number of ether oxygens (including phenoxy) is 1. The van der Waals surface area contributed by atoms with Crippen molar-refractivity contribution in [3.63, 3.8) is 0 Å². The van der Waals surface area contributed by atoms with Gasteiger partial charge in [0.15, 0.2) is 0 Å². The zero-order valence-electron chi connectivity index (χ0n) is 14.6. The van der Waals surface area contributed by atoms with E-state index < -0.39 is 48.0 Å². The summed E-state index contributed by atoms with van der Waals surface area (Å²) in [6.07, 6.45) is -0.352. The highest BCUT2D eigenvalue weighted by Crippen LogP contribution is 2.07. The predicted octanol–water partition coefficient (Wildman–Crippen LogP) is -0.204. The van der Waals surface area contributed by atoms with Crippen molar-refractivity contribution in [1.82, 2.24) is 10.6 Å². The first kappa shape index (κ1) is 21.1. The van der Waals surface area contributed by atoms with E-state index in [2.05, 4.69) is 10.6 Å². The molecule has 0 spiro atoms. The lowest BCUT2D eigenvalue weighted by Crippen LogP contribution is -2.54. The van der Waals surface area contributed by atoms with E-state index in [1.165, 1.54) is 31.2 Å². The molecule has 0 heterocycles. The number of hydrogen-bond acceptors (Lipinski definition) is 5. The van der Waals surface area contributed by atoms with Gasteiger partial charge in [-0.15, -0.1) is 0 Å². The average molecular weight is 367 g/mol. The highest BCUT2D eigenvalue weighted by Gasteiger charge is 2.27. The van der Waals surface area contributed by atoms with Gasteiger partial charge in [0, 0.05) is 13.3 Å². The van der Waals surface area contributed by atoms with Gasteiger partial charge < -0.3 is 21.1 Å². The number of primary amides is 1. The first-order chi connectivity index (χ1) is 12.2. The second kappa shape index (κ2) is 10.1. The molecule has 3 amide bonds. The maximum atomic E-state index is 13.0. The Bertz CT molecular complexity index is 663. The highest BCUT2D eigenvalue weighted by atomic mass is 19.1. The number of amides is 3. The molecule has 0 saturated heterocycles. The van der Waals surface area contributed by atoms with Crippen LogP contribution in [0.4, 0.5) is 4.39 Å². The van der Waals surface area contributed by atoms with Gasteiger partial charge in [-0.2, -0.15) is 0 Å². The third kappa shape index (κ3) is 7.29. The predicted molar refractivity (Wildman–Crippen MR) is 90.1 cm³/mol. The molecule has 0 saturated carbocycles. The quantitative estimate of drug-likeness (QED) is 0.521. The summed E-state index contributed by atoms with van der Waals surface area (Å²) in [5, 5.41) is 4.79. The lowest BCUT2D eigenvalue weighted by atomic mass is 10.0. The fourth-order valence-electron chi connectivity index (χ4n) is 2.19. The third-order valence-corrected chi connectivity index (χ3v) is 3.38. The van der Waals surface area contributed by atoms with Gasteiger partial charge in [-0.1, -0.05) is 12.1 Å². The molecule has 0 bridgehead atoms. The molecule has 8 nitrogen and oxygen atoms in total. The van der Waals surface area contributed by atoms with E-state index in [4.69, 9.17) is 10.5 Å². The maximum absolute atomic E-state index is 13.0. The van der Waals surface area contributed by atoms with Crippen LogP contribution in [0.2, 0.25) is 0 Å². The smallest absolute Gasteiger partial charge is 0.308 e. The Balaban J connectivity index is 2.85. The van der Waals surface area contributed by atoms with Crippen LogP contribution in [0.15, 0.2) is 24.3 Å². The number of halogens is 1. The minimum Gasteiger partial charge on any atom is -0.466 e. The molecule has 0 aliphatic heterocycles. The fourth-order valence-corrected chi connectivity index (χ4v) is 2.19. The van der Waals surface area contributed by atoms with Gasteiger partial charge in [-0.25, -0.2) is 4.39 Å². The number of esters is 1. The molecule has 0 aliphatic carbocycles. The van der Waals surface area contributed by atoms with Crippen LogP contribution < -0.4 is 16.4 Å². The number of nitrogens with one attached hydrogen (secondary N) is 2. The van der Waals surface area contributed by atoms with Crippen LogP contribution in [-0.2, 0) is 30.3 Å². The van der Waals surface area contributed by atoms with Crippen LogP contribution in [0.1, 0.15) is 25.8 Å². The SMILES string of the molecule is CCOC(=O)C[C@H](NC(=O)[C@@H](Cc1ccc(F)cc1)NC(C)=O)C(N)=O. The minimum absolute atomic E-state index is 0.0661. The first-order valence-electron chi connectivity index (χ1n) is 7.99. The average Bonchev–Trinajstić information content (AvgIpc) is 2.55. The number of nitrogens with two attached hydrogens (primary N) is 1. The highest BCUT2D eigenvalue weighted by molar-refractivity contribution is 5.93. The van der Waals surface area contributed by atoms with Gasteiger partial charge in [0.1, 0.15) is 17.9 Å². The molecule has 26 heavy (non-hydrogen) atoms. The van der Waals surface area contributed by atoms with E-state index in [9.17, 15) is 23.6 Å². The molecule has 0 fully saturated rings. The van der Waals surface area contributed by atoms with E-state index >= 15 is 0 Å². The summed E-state index contributed by atoms with van der Waals surface area (Å²) in [6.45, 7) is 2.96. The topological polar surface area (TPSA) is 128 Å². The van der Waals surface area contributed by atoms with Crippen molar-refractivity contribution in [2.45, 2.75) is 38.8 Å². The molecule has 1 aromatic carbocycles. The monoisotopic (exact) mass is 367 g/mol. The summed E-state index contributed by atoms with van der Waals surface area (Å²) in [5.41, 5.74) is 5.81. The number of carbonyl (C=O) groups excluding carboxylic acids is 4. The van der Waals surface area contributed by atoms with Crippen LogP contribution >= 0.6 is 0 Å². The third-order valence-electron chi connectivity index (χ3n) is 3.38. The van der Waals surface area contributed by atoms with Crippen LogP contribution in [0.5, 0.6) is 0 Å². The van der Waals surface area contributed by atoms with Crippen molar-refractivity contribution < 1.29 is 28.3 Å². The van der Waals surface area contributed by atoms with Crippen LogP contribution in [0.3, 0.4) is 0 Å². The van der Waals surface area contributed by atoms with Crippen molar-refractivity contribution in [2.24, 2.45) is 5.73 Å². The molecule has 4 N–H and O–H groups in total. The number of benzene rings is 1. The van der Waals surface area contributed by atoms with E-state index in [0.717, 1.165) is 0 Å². The maximum Gasteiger partial charge on any atom is 0.308 e. The zero-order valence-corrected chi connectivity index (χ0v) is 14.6. The van der Waals surface area contributed by atoms with Gasteiger partial charge in [0.2, 0.25) is 17.7 Å². The van der Waals surface area contributed by atoms with Crippen LogP contribution in [-0.4, -0.2) is 42.4 Å². The lowest BCUT2D eigenvalue weighted by molar-refractivity contribution is -0.145. The van der Waals surface area contributed by atoms with Crippen LogP contribution in [0, 0.1) is 5.82 Å². The molecule has 0 aliphatic rings. The lowest BCUT2D eigenvalue weighted by Gasteiger charge is -2.21. The Morgan fingerprint density at radius 1 is 1.12 bits per heavy atom. The van der Waals surface area contributed by atoms with Crippen molar-refractivity contribution in [3.8, 4) is 0 Å². The largest absolute Gasteiger partial charge is 0.466 e. The summed E-state index contributed by atoms with van der Waals surface area (Å²) in [7, 11) is 0. The Kier molecular flexibility index (Phi) is 8.20. The second-order valence-corrected chi connectivity index (χ2v) is 5.56. The van der Waals surface area contributed by atoms with E-state index in [1.807, 2.05) is 0 Å². The minimum atomic E-state index is -1.27. The van der Waals surface area contributed by atoms with Crippen LogP contribution in [0.25, 0.3) is 0 Å². The Morgan fingerprint density at radius 3 is 2.23 bits per heavy atom. The van der Waals surface area contributed by atoms with Gasteiger partial charge in [0.05, 0.1) is 13.0 Å². The Labute approximate surface area is 150 Å². The van der Waals surface area contributed by atoms with Crippen molar-refractivity contribution in [1.29, 1.82) is 0 Å². The van der Waals surface area contributed by atoms with Gasteiger partial charge in [-0.05, 0) is 24.6 Å². The summed E-state index contributed by atoms with van der Waals surface area (Å²) in [6, 6.07) is 3.10. The summed E-state index contributed by atoms with van der Waals surface area (Å²) in [4.78, 5) is 46.8. The van der Waals surface area contributed by atoms with Crippen molar-refractivity contribution in [2.75, 3.05) is 6.61 Å². The summed E-state index contributed by atoms with van der Waals surface area (Å²) < 4.78 is 17.7. The first-order valence-corrected chi connectivity index (χ1v) is 7.99. The molecular weight excluding hydrogens is 345 g/mol. The zero-order chi connectivity index (χ0) is 19.7. The fraction of sp³-hybridized carbons (Fsp3) is 0.412. The summed E-state index contributed by atoms with van der Waals surface area (Å²) >= 11 is 0. The van der Waals surface area contributed by atoms with Gasteiger partial charge in [0.25, 0.3) is 0 Å². The molecular formula is C17H22FN3O5. The normalized spacial score (nSPS) is 12.6. The van der Waals surface area contributed by atoms with Gasteiger partial charge in [-0.3, -0.25) is 19.2 Å². The van der Waals surface area contributed by atoms with E-state index in [0.29, 0.717) is 5.56 Å². The molecule has 0 radical (unpaired) electrons. The van der Waals surface area contributed by atoms with Crippen molar-refractivity contribution in [3.05, 3.63) is 35.6 Å². The Hall–Kier alpha value is -2.97. The molecule has 1 aromatic rings. The number of rotatable bonds is 9. The van der Waals surface area contributed by atoms with Crippen molar-refractivity contribution >= 4 is 23.7 Å². The van der Waals surface area contributed by atoms with Gasteiger partial charge >= 0.3 is 5.97 Å². The van der Waals surface area contributed by atoms with E-state index in [1.54, 1.807) is 6.92 Å². The number of hydrogen-bond donors (Lipinski definition) is 3. The summed E-state index contributed by atoms with van der Waals surface area (Å²) in [5.74, 6) is -3.19. The number of carbonyl (C=O) groups is 4. The molecule has 0 unspecified atom stereocenters.